The van der Waals surface area contributed by atoms with Gasteiger partial charge in [-0.3, -0.25) is 0 Å². The van der Waals surface area contributed by atoms with Crippen LogP contribution in [0.1, 0.15) is 44.4 Å². The van der Waals surface area contributed by atoms with Crippen molar-refractivity contribution in [2.45, 2.75) is 39.7 Å². The fourth-order valence-corrected chi connectivity index (χ4v) is 4.92. The molecule has 5 rings (SSSR count). The van der Waals surface area contributed by atoms with Crippen LogP contribution in [0.15, 0.2) is 59.8 Å². The Labute approximate surface area is 164 Å². The van der Waals surface area contributed by atoms with Crippen LogP contribution in [0, 0.1) is 0 Å². The van der Waals surface area contributed by atoms with Crippen molar-refractivity contribution in [1.29, 1.82) is 0 Å². The highest BCUT2D eigenvalue weighted by Gasteiger charge is 2.35. The standard InChI is InChI=1S/C25H24N2O/c1-5-27-23-11-10-16(15(2)26-28)12-19(23)20-13-22-18(14-24(20)27)17-8-6-7-9-21(17)25(22,3)4/h6-14,28H,5H2,1-4H3/b26-15-. The van der Waals surface area contributed by atoms with E-state index in [4.69, 9.17) is 0 Å². The maximum Gasteiger partial charge on any atom is 0.0837 e. The zero-order valence-corrected chi connectivity index (χ0v) is 16.7. The number of benzene rings is 3. The van der Waals surface area contributed by atoms with Crippen molar-refractivity contribution in [2.24, 2.45) is 5.16 Å². The SMILES string of the molecule is CCn1c2ccc(/C(C)=N\O)cc2c2cc3c(cc21)-c1ccccc1C3(C)C. The van der Waals surface area contributed by atoms with Gasteiger partial charge in [-0.25, -0.2) is 0 Å². The fraction of sp³-hybridized carbons (Fsp3) is 0.240. The minimum atomic E-state index is -0.0131. The molecule has 0 saturated heterocycles. The molecule has 1 N–H and O–H groups in total. The molecule has 1 aliphatic rings. The van der Waals surface area contributed by atoms with Gasteiger partial charge in [-0.2, -0.15) is 0 Å². The molecule has 0 amide bonds. The van der Waals surface area contributed by atoms with Gasteiger partial charge in [0.1, 0.15) is 0 Å². The van der Waals surface area contributed by atoms with Gasteiger partial charge >= 0.3 is 0 Å². The molecule has 0 saturated carbocycles. The van der Waals surface area contributed by atoms with E-state index in [0.717, 1.165) is 12.1 Å². The first-order valence-electron chi connectivity index (χ1n) is 9.86. The zero-order chi connectivity index (χ0) is 19.6. The molecule has 0 atom stereocenters. The second-order valence-corrected chi connectivity index (χ2v) is 8.25. The van der Waals surface area contributed by atoms with Crippen molar-refractivity contribution in [3.8, 4) is 11.1 Å². The Morgan fingerprint density at radius 3 is 2.43 bits per heavy atom. The number of fused-ring (bicyclic) bond motifs is 6. The fourth-order valence-electron chi connectivity index (χ4n) is 4.92. The van der Waals surface area contributed by atoms with Crippen LogP contribution >= 0.6 is 0 Å². The second-order valence-electron chi connectivity index (χ2n) is 8.25. The highest BCUT2D eigenvalue weighted by Crippen LogP contribution is 2.50. The summed E-state index contributed by atoms with van der Waals surface area (Å²) in [6.45, 7) is 9.57. The van der Waals surface area contributed by atoms with Gasteiger partial charge in [0.2, 0.25) is 0 Å². The van der Waals surface area contributed by atoms with E-state index in [0.29, 0.717) is 5.71 Å². The number of oxime groups is 1. The van der Waals surface area contributed by atoms with Gasteiger partial charge in [0.15, 0.2) is 0 Å². The first-order chi connectivity index (χ1) is 13.5. The van der Waals surface area contributed by atoms with Gasteiger partial charge in [-0.05, 0) is 65.9 Å². The predicted octanol–water partition coefficient (Wildman–Crippen LogP) is 6.32. The van der Waals surface area contributed by atoms with Crippen LogP contribution in [0.25, 0.3) is 32.9 Å². The van der Waals surface area contributed by atoms with Gasteiger partial charge in [-0.1, -0.05) is 49.3 Å². The highest BCUT2D eigenvalue weighted by molar-refractivity contribution is 6.13. The zero-order valence-electron chi connectivity index (χ0n) is 16.7. The van der Waals surface area contributed by atoms with Gasteiger partial charge in [-0.15, -0.1) is 0 Å². The summed E-state index contributed by atoms with van der Waals surface area (Å²) in [5, 5.41) is 15.1. The van der Waals surface area contributed by atoms with Crippen molar-refractivity contribution in [2.75, 3.05) is 0 Å². The molecule has 0 unspecified atom stereocenters. The molecule has 140 valence electrons. The van der Waals surface area contributed by atoms with Crippen LogP contribution in [0.2, 0.25) is 0 Å². The van der Waals surface area contributed by atoms with E-state index < -0.39 is 0 Å². The lowest BCUT2D eigenvalue weighted by molar-refractivity contribution is 0.319. The summed E-state index contributed by atoms with van der Waals surface area (Å²) in [6, 6.07) is 19.9. The summed E-state index contributed by atoms with van der Waals surface area (Å²) < 4.78 is 2.38. The van der Waals surface area contributed by atoms with E-state index in [9.17, 15) is 5.21 Å². The molecule has 1 aliphatic carbocycles. The molecule has 1 heterocycles. The van der Waals surface area contributed by atoms with Crippen LogP contribution in [-0.2, 0) is 12.0 Å². The molecule has 3 heteroatoms. The molecular weight excluding hydrogens is 344 g/mol. The molecule has 0 radical (unpaired) electrons. The third-order valence-corrected chi connectivity index (χ3v) is 6.45. The number of nitrogens with zero attached hydrogens (tertiary/aromatic N) is 2. The third kappa shape index (κ3) is 2.07. The summed E-state index contributed by atoms with van der Waals surface area (Å²) in [4.78, 5) is 0. The lowest BCUT2D eigenvalue weighted by Crippen LogP contribution is -2.14. The minimum Gasteiger partial charge on any atom is -0.411 e. The summed E-state index contributed by atoms with van der Waals surface area (Å²) in [6.07, 6.45) is 0. The maximum absolute atomic E-state index is 9.20. The smallest absolute Gasteiger partial charge is 0.0837 e. The predicted molar refractivity (Wildman–Crippen MR) is 117 cm³/mol. The number of aromatic nitrogens is 1. The van der Waals surface area contributed by atoms with Crippen LogP contribution < -0.4 is 0 Å². The average Bonchev–Trinajstić information content (AvgIpc) is 3.15. The maximum atomic E-state index is 9.20. The van der Waals surface area contributed by atoms with Crippen LogP contribution in [0.4, 0.5) is 0 Å². The van der Waals surface area contributed by atoms with Crippen molar-refractivity contribution in [1.82, 2.24) is 4.57 Å². The van der Waals surface area contributed by atoms with Crippen LogP contribution in [0.5, 0.6) is 0 Å². The van der Waals surface area contributed by atoms with Crippen molar-refractivity contribution in [3.63, 3.8) is 0 Å². The van der Waals surface area contributed by atoms with Gasteiger partial charge in [0.25, 0.3) is 0 Å². The molecular formula is C25H24N2O. The van der Waals surface area contributed by atoms with E-state index in [1.165, 1.54) is 44.1 Å². The molecule has 4 aromatic rings. The lowest BCUT2D eigenvalue weighted by atomic mass is 9.82. The molecule has 28 heavy (non-hydrogen) atoms. The topological polar surface area (TPSA) is 37.5 Å². The number of hydrogen-bond donors (Lipinski definition) is 1. The van der Waals surface area contributed by atoms with Crippen molar-refractivity contribution in [3.05, 3.63) is 71.3 Å². The normalized spacial score (nSPS) is 15.2. The van der Waals surface area contributed by atoms with E-state index >= 15 is 0 Å². The van der Waals surface area contributed by atoms with Crippen molar-refractivity contribution < 1.29 is 5.21 Å². The Morgan fingerprint density at radius 2 is 1.68 bits per heavy atom. The Morgan fingerprint density at radius 1 is 0.929 bits per heavy atom. The Hall–Kier alpha value is -3.07. The number of aryl methyl sites for hydroxylation is 1. The molecule has 0 spiro atoms. The lowest BCUT2D eigenvalue weighted by Gasteiger charge is -2.21. The quantitative estimate of drug-likeness (QED) is 0.251. The van der Waals surface area contributed by atoms with E-state index in [2.05, 4.69) is 79.0 Å². The summed E-state index contributed by atoms with van der Waals surface area (Å²) in [5.74, 6) is 0. The molecule has 1 aromatic heterocycles. The molecule has 3 nitrogen and oxygen atoms in total. The van der Waals surface area contributed by atoms with Gasteiger partial charge < -0.3 is 9.77 Å². The monoisotopic (exact) mass is 368 g/mol. The van der Waals surface area contributed by atoms with Crippen LogP contribution in [0.3, 0.4) is 0 Å². The first-order valence-corrected chi connectivity index (χ1v) is 9.86. The molecule has 0 fully saturated rings. The highest BCUT2D eigenvalue weighted by atomic mass is 16.4. The largest absolute Gasteiger partial charge is 0.411 e. The molecule has 0 bridgehead atoms. The average molecular weight is 368 g/mol. The third-order valence-electron chi connectivity index (χ3n) is 6.45. The van der Waals surface area contributed by atoms with Gasteiger partial charge in [0.05, 0.1) is 5.71 Å². The van der Waals surface area contributed by atoms with Crippen LogP contribution in [-0.4, -0.2) is 15.5 Å². The van der Waals surface area contributed by atoms with E-state index in [1.54, 1.807) is 0 Å². The molecule has 0 aliphatic heterocycles. The Balaban J connectivity index is 1.91. The van der Waals surface area contributed by atoms with Gasteiger partial charge in [0, 0.05) is 33.8 Å². The molecule has 3 aromatic carbocycles. The minimum absolute atomic E-state index is 0.0131. The van der Waals surface area contributed by atoms with Crippen molar-refractivity contribution >= 4 is 27.5 Å². The summed E-state index contributed by atoms with van der Waals surface area (Å²) >= 11 is 0. The Bertz CT molecular complexity index is 1290. The van der Waals surface area contributed by atoms with E-state index in [1.807, 2.05) is 13.0 Å². The number of rotatable bonds is 2. The Kier molecular flexibility index (Phi) is 3.48. The summed E-state index contributed by atoms with van der Waals surface area (Å²) in [7, 11) is 0. The van der Waals surface area contributed by atoms with E-state index in [-0.39, 0.29) is 5.41 Å². The first kappa shape index (κ1) is 17.1. The second kappa shape index (κ2) is 5.71. The summed E-state index contributed by atoms with van der Waals surface area (Å²) in [5.41, 5.74) is 9.53. The number of hydrogen-bond acceptors (Lipinski definition) is 2.